The quantitative estimate of drug-likeness (QED) is 0.172. The first-order valence-corrected chi connectivity index (χ1v) is 18.9. The van der Waals surface area contributed by atoms with Crippen LogP contribution in [0.25, 0.3) is 100 Å². The Morgan fingerprint density at radius 1 is 0.268 bits per heavy atom. The molecule has 0 spiro atoms. The van der Waals surface area contributed by atoms with E-state index in [0.717, 1.165) is 50.2 Å². The van der Waals surface area contributed by atoms with Crippen molar-refractivity contribution in [3.63, 3.8) is 0 Å². The average molecular weight is 716 g/mol. The molecule has 56 heavy (non-hydrogen) atoms. The summed E-state index contributed by atoms with van der Waals surface area (Å²) < 4.78 is 4.80. The highest BCUT2D eigenvalue weighted by Gasteiger charge is 2.20. The van der Waals surface area contributed by atoms with Crippen molar-refractivity contribution in [2.24, 2.45) is 0 Å². The zero-order valence-corrected chi connectivity index (χ0v) is 30.3. The van der Waals surface area contributed by atoms with Crippen LogP contribution in [-0.2, 0) is 0 Å². The zero-order valence-electron chi connectivity index (χ0n) is 30.3. The molecule has 3 aromatic heterocycles. The molecule has 0 atom stereocenters. The van der Waals surface area contributed by atoms with Crippen LogP contribution >= 0.6 is 0 Å². The standard InChI is InChI=1S/C51H33N5/c1-4-17-34(18-5-1)49-52-50(35-19-6-2-7-20-35)54-51(53-49)42-28-11-10-25-39(42)36-21-16-24-38(31-36)56-46-30-15-13-27-41(46)44-32-43-40-26-12-14-29-45(40)55(47(43)33-48(44)56)37-22-8-3-9-23-37/h1-33H. The van der Waals surface area contributed by atoms with E-state index >= 15 is 0 Å². The number of para-hydroxylation sites is 3. The molecule has 5 heteroatoms. The second-order valence-corrected chi connectivity index (χ2v) is 14.1. The third-order valence-corrected chi connectivity index (χ3v) is 10.8. The summed E-state index contributed by atoms with van der Waals surface area (Å²) in [6.07, 6.45) is 0. The van der Waals surface area contributed by atoms with Gasteiger partial charge in [0.25, 0.3) is 0 Å². The molecule has 0 unspecified atom stereocenters. The van der Waals surface area contributed by atoms with E-state index in [1.165, 1.54) is 32.6 Å². The van der Waals surface area contributed by atoms with Gasteiger partial charge in [-0.1, -0.05) is 152 Å². The van der Waals surface area contributed by atoms with E-state index in [1.54, 1.807) is 0 Å². The summed E-state index contributed by atoms with van der Waals surface area (Å²) in [5.74, 6) is 1.91. The van der Waals surface area contributed by atoms with Crippen LogP contribution in [0, 0.1) is 0 Å². The summed E-state index contributed by atoms with van der Waals surface area (Å²) in [7, 11) is 0. The van der Waals surface area contributed by atoms with Gasteiger partial charge in [-0.2, -0.15) is 0 Å². The first-order chi connectivity index (χ1) is 27.8. The lowest BCUT2D eigenvalue weighted by Crippen LogP contribution is -2.01. The summed E-state index contributed by atoms with van der Waals surface area (Å²) in [5, 5.41) is 4.93. The van der Waals surface area contributed by atoms with Crippen molar-refractivity contribution in [3.05, 3.63) is 200 Å². The van der Waals surface area contributed by atoms with Crippen LogP contribution in [0.1, 0.15) is 0 Å². The van der Waals surface area contributed by atoms with Crippen molar-refractivity contribution in [1.29, 1.82) is 0 Å². The molecule has 0 radical (unpaired) electrons. The van der Waals surface area contributed by atoms with Crippen LogP contribution in [0.5, 0.6) is 0 Å². The third-order valence-electron chi connectivity index (χ3n) is 10.8. The van der Waals surface area contributed by atoms with Crippen molar-refractivity contribution in [1.82, 2.24) is 24.1 Å². The largest absolute Gasteiger partial charge is 0.309 e. The summed E-state index contributed by atoms with van der Waals surface area (Å²) in [5.41, 5.74) is 11.9. The van der Waals surface area contributed by atoms with Crippen LogP contribution in [0.2, 0.25) is 0 Å². The Kier molecular flexibility index (Phi) is 7.42. The Labute approximate surface area is 323 Å². The molecule has 0 bridgehead atoms. The number of fused-ring (bicyclic) bond motifs is 6. The van der Waals surface area contributed by atoms with E-state index in [-0.39, 0.29) is 0 Å². The highest BCUT2D eigenvalue weighted by Crippen LogP contribution is 2.40. The van der Waals surface area contributed by atoms with Gasteiger partial charge in [0.2, 0.25) is 0 Å². The van der Waals surface area contributed by atoms with Gasteiger partial charge in [-0.05, 0) is 59.7 Å². The molecule has 262 valence electrons. The maximum atomic E-state index is 5.09. The monoisotopic (exact) mass is 715 g/mol. The van der Waals surface area contributed by atoms with Crippen LogP contribution in [-0.4, -0.2) is 24.1 Å². The maximum Gasteiger partial charge on any atom is 0.164 e. The molecule has 0 aliphatic carbocycles. The van der Waals surface area contributed by atoms with Gasteiger partial charge in [0.15, 0.2) is 17.5 Å². The van der Waals surface area contributed by atoms with Crippen molar-refractivity contribution in [3.8, 4) is 56.7 Å². The van der Waals surface area contributed by atoms with Gasteiger partial charge in [0, 0.05) is 49.6 Å². The van der Waals surface area contributed by atoms with Crippen LogP contribution in [0.15, 0.2) is 200 Å². The van der Waals surface area contributed by atoms with Gasteiger partial charge in [-0.15, -0.1) is 0 Å². The molecule has 11 rings (SSSR count). The Morgan fingerprint density at radius 3 is 1.32 bits per heavy atom. The third kappa shape index (κ3) is 5.21. The number of nitrogens with zero attached hydrogens (tertiary/aromatic N) is 5. The summed E-state index contributed by atoms with van der Waals surface area (Å²) in [6.45, 7) is 0. The molecule has 0 saturated carbocycles. The van der Waals surface area contributed by atoms with E-state index in [2.05, 4.69) is 149 Å². The van der Waals surface area contributed by atoms with Crippen LogP contribution < -0.4 is 0 Å². The first-order valence-electron chi connectivity index (χ1n) is 18.9. The number of rotatable bonds is 6. The normalized spacial score (nSPS) is 11.6. The van der Waals surface area contributed by atoms with Crippen LogP contribution in [0.4, 0.5) is 0 Å². The Balaban J connectivity index is 1.12. The second kappa shape index (κ2) is 13.0. The molecule has 0 aliphatic rings. The number of hydrogen-bond donors (Lipinski definition) is 0. The molecule has 0 aliphatic heterocycles. The lowest BCUT2D eigenvalue weighted by atomic mass is 9.98. The van der Waals surface area contributed by atoms with Crippen molar-refractivity contribution in [2.75, 3.05) is 0 Å². The molecule has 8 aromatic carbocycles. The van der Waals surface area contributed by atoms with E-state index in [9.17, 15) is 0 Å². The van der Waals surface area contributed by atoms with Gasteiger partial charge in [-0.25, -0.2) is 15.0 Å². The number of aromatic nitrogens is 5. The zero-order chi connectivity index (χ0) is 37.0. The summed E-state index contributed by atoms with van der Waals surface area (Å²) in [4.78, 5) is 15.1. The molecule has 0 amide bonds. The van der Waals surface area contributed by atoms with Gasteiger partial charge in [0.05, 0.1) is 22.1 Å². The summed E-state index contributed by atoms with van der Waals surface area (Å²) >= 11 is 0. The highest BCUT2D eigenvalue weighted by atomic mass is 15.0. The van der Waals surface area contributed by atoms with E-state index in [0.29, 0.717) is 17.5 Å². The fraction of sp³-hybridized carbons (Fsp3) is 0. The molecule has 0 fully saturated rings. The molecule has 3 heterocycles. The Bertz CT molecular complexity index is 3180. The predicted molar refractivity (Wildman–Crippen MR) is 230 cm³/mol. The predicted octanol–water partition coefficient (Wildman–Crippen LogP) is 12.7. The lowest BCUT2D eigenvalue weighted by molar-refractivity contribution is 1.07. The lowest BCUT2D eigenvalue weighted by Gasteiger charge is -2.14. The molecular formula is C51H33N5. The van der Waals surface area contributed by atoms with E-state index in [1.807, 2.05) is 60.7 Å². The smallest absolute Gasteiger partial charge is 0.164 e. The molecular weight excluding hydrogens is 683 g/mol. The van der Waals surface area contributed by atoms with E-state index < -0.39 is 0 Å². The fourth-order valence-electron chi connectivity index (χ4n) is 8.24. The Morgan fingerprint density at radius 2 is 0.714 bits per heavy atom. The number of benzene rings is 8. The summed E-state index contributed by atoms with van der Waals surface area (Å²) in [6, 6.07) is 70.4. The SMILES string of the molecule is c1ccc(-c2nc(-c3ccccc3)nc(-c3ccccc3-c3cccc(-n4c5ccccc5c5cc6c7ccccc7n(-c7ccccc7)c6cc54)c3)n2)cc1. The Hall–Kier alpha value is -7.63. The van der Waals surface area contributed by atoms with Crippen molar-refractivity contribution < 1.29 is 0 Å². The first kappa shape index (κ1) is 31.9. The van der Waals surface area contributed by atoms with Crippen molar-refractivity contribution in [2.45, 2.75) is 0 Å². The number of hydrogen-bond acceptors (Lipinski definition) is 3. The van der Waals surface area contributed by atoms with E-state index in [4.69, 9.17) is 15.0 Å². The highest BCUT2D eigenvalue weighted by molar-refractivity contribution is 6.19. The maximum absolute atomic E-state index is 5.09. The fourth-order valence-corrected chi connectivity index (χ4v) is 8.24. The minimum atomic E-state index is 0.631. The molecule has 0 saturated heterocycles. The van der Waals surface area contributed by atoms with Crippen LogP contribution in [0.3, 0.4) is 0 Å². The van der Waals surface area contributed by atoms with Gasteiger partial charge < -0.3 is 9.13 Å². The van der Waals surface area contributed by atoms with Gasteiger partial charge in [-0.3, -0.25) is 0 Å². The van der Waals surface area contributed by atoms with Gasteiger partial charge in [0.1, 0.15) is 0 Å². The molecule has 0 N–H and O–H groups in total. The van der Waals surface area contributed by atoms with Crippen molar-refractivity contribution >= 4 is 43.6 Å². The molecule has 5 nitrogen and oxygen atoms in total. The minimum Gasteiger partial charge on any atom is -0.309 e. The topological polar surface area (TPSA) is 48.5 Å². The second-order valence-electron chi connectivity index (χ2n) is 14.1. The van der Waals surface area contributed by atoms with Gasteiger partial charge >= 0.3 is 0 Å². The average Bonchev–Trinajstić information content (AvgIpc) is 3.78. The molecule has 11 aromatic rings. The minimum absolute atomic E-state index is 0.631.